The fourth-order valence-corrected chi connectivity index (χ4v) is 3.28. The van der Waals surface area contributed by atoms with E-state index in [1.165, 1.54) is 4.57 Å². The number of aromatic nitrogens is 3. The first kappa shape index (κ1) is 17.0. The van der Waals surface area contributed by atoms with E-state index in [1.807, 2.05) is 30.5 Å². The summed E-state index contributed by atoms with van der Waals surface area (Å²) in [7, 11) is 0. The predicted molar refractivity (Wildman–Crippen MR) is 100 cm³/mol. The highest BCUT2D eigenvalue weighted by molar-refractivity contribution is 5.93. The second kappa shape index (κ2) is 6.71. The summed E-state index contributed by atoms with van der Waals surface area (Å²) in [5.41, 5.74) is 3.94. The molecule has 0 aromatic carbocycles. The molecule has 0 unspecified atom stereocenters. The molecule has 3 aromatic heterocycles. The Morgan fingerprint density at radius 2 is 2.11 bits per heavy atom. The Bertz CT molecular complexity index is 1110. The fourth-order valence-electron chi connectivity index (χ4n) is 3.28. The van der Waals surface area contributed by atoms with Gasteiger partial charge in [0.15, 0.2) is 0 Å². The molecule has 0 fully saturated rings. The van der Waals surface area contributed by atoms with E-state index < -0.39 is 0 Å². The highest BCUT2D eigenvalue weighted by Gasteiger charge is 2.21. The van der Waals surface area contributed by atoms with Gasteiger partial charge < -0.3 is 20.2 Å². The van der Waals surface area contributed by atoms with E-state index in [4.69, 9.17) is 0 Å². The summed E-state index contributed by atoms with van der Waals surface area (Å²) in [5, 5.41) is 5.41. The van der Waals surface area contributed by atoms with Gasteiger partial charge in [-0.2, -0.15) is 0 Å². The van der Waals surface area contributed by atoms with Gasteiger partial charge in [0.2, 0.25) is 11.8 Å². The van der Waals surface area contributed by atoms with Crippen molar-refractivity contribution in [1.29, 1.82) is 0 Å². The average Bonchev–Trinajstić information content (AvgIpc) is 3.12. The Kier molecular flexibility index (Phi) is 4.23. The lowest BCUT2D eigenvalue weighted by Crippen LogP contribution is -2.36. The number of hydrogen-bond acceptors (Lipinski definition) is 4. The zero-order valence-corrected chi connectivity index (χ0v) is 14.8. The third-order valence-corrected chi connectivity index (χ3v) is 4.71. The summed E-state index contributed by atoms with van der Waals surface area (Å²) in [6.07, 6.45) is 2.72. The number of anilines is 1. The average molecular weight is 365 g/mol. The Morgan fingerprint density at radius 1 is 1.26 bits per heavy atom. The van der Waals surface area contributed by atoms with Crippen LogP contribution < -0.4 is 16.2 Å². The zero-order chi connectivity index (χ0) is 19.0. The first-order valence-electron chi connectivity index (χ1n) is 8.74. The SMILES string of the molecule is Cc1cc2c(c(=O)n1CC(=O)NCc1ccc3[nH]ccc3n1)NC(=O)CC2. The van der Waals surface area contributed by atoms with Crippen LogP contribution in [0.25, 0.3) is 11.0 Å². The van der Waals surface area contributed by atoms with Crippen molar-refractivity contribution in [2.75, 3.05) is 5.32 Å². The van der Waals surface area contributed by atoms with E-state index in [0.717, 1.165) is 22.3 Å². The van der Waals surface area contributed by atoms with Crippen LogP contribution in [0.15, 0.2) is 35.3 Å². The van der Waals surface area contributed by atoms with Gasteiger partial charge in [-0.15, -0.1) is 0 Å². The third kappa shape index (κ3) is 3.33. The Balaban J connectivity index is 1.48. The highest BCUT2D eigenvalue weighted by Crippen LogP contribution is 2.19. The molecular formula is C19H19N5O3. The second-order valence-corrected chi connectivity index (χ2v) is 6.62. The predicted octanol–water partition coefficient (Wildman–Crippen LogP) is 1.23. The van der Waals surface area contributed by atoms with Crippen LogP contribution in [0, 0.1) is 6.92 Å². The number of amides is 2. The van der Waals surface area contributed by atoms with Crippen molar-refractivity contribution in [2.24, 2.45) is 0 Å². The molecule has 0 aliphatic carbocycles. The molecular weight excluding hydrogens is 346 g/mol. The van der Waals surface area contributed by atoms with Gasteiger partial charge in [-0.05, 0) is 43.2 Å². The Labute approximate surface area is 154 Å². The molecule has 2 amide bonds. The summed E-state index contributed by atoms with van der Waals surface area (Å²) in [6.45, 7) is 1.95. The number of carbonyl (C=O) groups excluding carboxylic acids is 2. The molecule has 0 spiro atoms. The number of aryl methyl sites for hydroxylation is 2. The van der Waals surface area contributed by atoms with E-state index in [1.54, 1.807) is 6.92 Å². The summed E-state index contributed by atoms with van der Waals surface area (Å²) in [5.74, 6) is -0.469. The molecule has 0 radical (unpaired) electrons. The topological polar surface area (TPSA) is 109 Å². The minimum Gasteiger partial charge on any atom is -0.360 e. The number of H-pyrrole nitrogens is 1. The number of aromatic amines is 1. The number of nitrogens with zero attached hydrogens (tertiary/aromatic N) is 2. The van der Waals surface area contributed by atoms with E-state index in [0.29, 0.717) is 18.5 Å². The molecule has 3 N–H and O–H groups in total. The number of nitrogens with one attached hydrogen (secondary N) is 3. The largest absolute Gasteiger partial charge is 0.360 e. The molecule has 0 saturated heterocycles. The van der Waals surface area contributed by atoms with Gasteiger partial charge in [0, 0.05) is 18.3 Å². The van der Waals surface area contributed by atoms with Crippen molar-refractivity contribution in [3.05, 3.63) is 57.8 Å². The van der Waals surface area contributed by atoms with E-state index in [2.05, 4.69) is 20.6 Å². The van der Waals surface area contributed by atoms with Gasteiger partial charge in [-0.1, -0.05) is 0 Å². The zero-order valence-electron chi connectivity index (χ0n) is 14.8. The fraction of sp³-hybridized carbons (Fsp3) is 0.263. The molecule has 138 valence electrons. The minimum atomic E-state index is -0.347. The molecule has 0 atom stereocenters. The lowest BCUT2D eigenvalue weighted by atomic mass is 10.0. The molecule has 3 aromatic rings. The standard InChI is InChI=1S/C19H19N5O3/c1-11-8-12-2-5-16(25)23-18(12)19(27)24(11)10-17(26)21-9-13-3-4-14-15(22-13)6-7-20-14/h3-4,6-8,20H,2,5,9-10H2,1H3,(H,21,26)(H,23,25). The maximum atomic E-state index is 12.7. The van der Waals surface area contributed by atoms with E-state index in [-0.39, 0.29) is 36.2 Å². The molecule has 8 heteroatoms. The lowest BCUT2D eigenvalue weighted by molar-refractivity contribution is -0.122. The van der Waals surface area contributed by atoms with Crippen molar-refractivity contribution in [1.82, 2.24) is 19.9 Å². The van der Waals surface area contributed by atoms with Crippen LogP contribution in [0.3, 0.4) is 0 Å². The number of rotatable bonds is 4. The first-order valence-corrected chi connectivity index (χ1v) is 8.74. The van der Waals surface area contributed by atoms with Crippen molar-refractivity contribution < 1.29 is 9.59 Å². The second-order valence-electron chi connectivity index (χ2n) is 6.62. The molecule has 0 saturated carbocycles. The van der Waals surface area contributed by atoms with Gasteiger partial charge in [-0.3, -0.25) is 14.4 Å². The normalized spacial score (nSPS) is 13.3. The Hall–Kier alpha value is -3.42. The molecule has 0 bridgehead atoms. The number of pyridine rings is 2. The van der Waals surface area contributed by atoms with E-state index in [9.17, 15) is 14.4 Å². The first-order chi connectivity index (χ1) is 13.0. The number of carbonyl (C=O) groups is 2. The van der Waals surface area contributed by atoms with Crippen LogP contribution in [-0.2, 0) is 29.1 Å². The van der Waals surface area contributed by atoms with Crippen LogP contribution in [0.4, 0.5) is 5.69 Å². The maximum absolute atomic E-state index is 12.7. The van der Waals surface area contributed by atoms with Crippen LogP contribution in [0.2, 0.25) is 0 Å². The number of hydrogen-bond donors (Lipinski definition) is 3. The monoisotopic (exact) mass is 365 g/mol. The highest BCUT2D eigenvalue weighted by atomic mass is 16.2. The summed E-state index contributed by atoms with van der Waals surface area (Å²) in [6, 6.07) is 7.46. The van der Waals surface area contributed by atoms with Crippen LogP contribution in [0.5, 0.6) is 0 Å². The smallest absolute Gasteiger partial charge is 0.275 e. The molecule has 4 heterocycles. The van der Waals surface area contributed by atoms with Crippen molar-refractivity contribution in [3.63, 3.8) is 0 Å². The van der Waals surface area contributed by atoms with Crippen molar-refractivity contribution in [3.8, 4) is 0 Å². The lowest BCUT2D eigenvalue weighted by Gasteiger charge is -2.19. The molecule has 1 aliphatic heterocycles. The number of fused-ring (bicyclic) bond motifs is 2. The van der Waals surface area contributed by atoms with Crippen LogP contribution in [0.1, 0.15) is 23.4 Å². The quantitative estimate of drug-likeness (QED) is 0.646. The van der Waals surface area contributed by atoms with Crippen LogP contribution >= 0.6 is 0 Å². The van der Waals surface area contributed by atoms with Crippen molar-refractivity contribution >= 4 is 28.5 Å². The van der Waals surface area contributed by atoms with Gasteiger partial charge in [0.05, 0.1) is 23.3 Å². The molecule has 8 nitrogen and oxygen atoms in total. The van der Waals surface area contributed by atoms with E-state index >= 15 is 0 Å². The minimum absolute atomic E-state index is 0.111. The van der Waals surface area contributed by atoms with Crippen molar-refractivity contribution in [2.45, 2.75) is 32.9 Å². The van der Waals surface area contributed by atoms with Gasteiger partial charge in [0.25, 0.3) is 5.56 Å². The third-order valence-electron chi connectivity index (χ3n) is 4.71. The molecule has 1 aliphatic rings. The summed E-state index contributed by atoms with van der Waals surface area (Å²) < 4.78 is 1.38. The maximum Gasteiger partial charge on any atom is 0.275 e. The molecule has 27 heavy (non-hydrogen) atoms. The summed E-state index contributed by atoms with van der Waals surface area (Å²) in [4.78, 5) is 44.1. The molecule has 4 rings (SSSR count). The van der Waals surface area contributed by atoms with Gasteiger partial charge in [0.1, 0.15) is 12.2 Å². The van der Waals surface area contributed by atoms with Gasteiger partial charge in [-0.25, -0.2) is 4.98 Å². The van der Waals surface area contributed by atoms with Gasteiger partial charge >= 0.3 is 0 Å². The summed E-state index contributed by atoms with van der Waals surface area (Å²) >= 11 is 0. The van der Waals surface area contributed by atoms with Crippen LogP contribution in [-0.4, -0.2) is 26.3 Å². The Morgan fingerprint density at radius 3 is 2.96 bits per heavy atom.